The second-order valence-corrected chi connectivity index (χ2v) is 6.45. The Labute approximate surface area is 136 Å². The highest BCUT2D eigenvalue weighted by molar-refractivity contribution is 5.70. The van der Waals surface area contributed by atoms with Crippen LogP contribution in [0.1, 0.15) is 32.6 Å². The average molecular weight is 315 g/mol. The Morgan fingerprint density at radius 3 is 2.65 bits per heavy atom. The number of nitrogens with two attached hydrogens (primary N) is 2. The summed E-state index contributed by atoms with van der Waals surface area (Å²) in [4.78, 5) is 8.92. The normalized spacial score (nSPS) is 22.7. The van der Waals surface area contributed by atoms with Gasteiger partial charge in [-0.2, -0.15) is 5.10 Å². The van der Waals surface area contributed by atoms with Crippen molar-refractivity contribution in [3.8, 4) is 11.3 Å². The Balaban J connectivity index is 1.68. The molecule has 2 aromatic heterocycles. The summed E-state index contributed by atoms with van der Waals surface area (Å²) in [5.41, 5.74) is 13.6. The largest absolute Gasteiger partial charge is 0.383 e. The SMILES string of the molecule is CC(N)C1CCC(Nc2nccc(-c3cnn(C)c3N)n2)CC1. The lowest BCUT2D eigenvalue weighted by atomic mass is 9.82. The van der Waals surface area contributed by atoms with Crippen LogP contribution in [0.15, 0.2) is 18.5 Å². The van der Waals surface area contributed by atoms with Crippen molar-refractivity contribution in [2.75, 3.05) is 11.1 Å². The molecular formula is C16H25N7. The first-order chi connectivity index (χ1) is 11.0. The van der Waals surface area contributed by atoms with Gasteiger partial charge in [-0.05, 0) is 44.6 Å². The third kappa shape index (κ3) is 3.44. The molecule has 1 aliphatic rings. The Kier molecular flexibility index (Phi) is 4.47. The van der Waals surface area contributed by atoms with E-state index in [0.717, 1.165) is 36.9 Å². The number of hydrogen-bond acceptors (Lipinski definition) is 6. The fourth-order valence-electron chi connectivity index (χ4n) is 3.19. The first kappa shape index (κ1) is 15.7. The number of aryl methyl sites for hydroxylation is 1. The molecule has 1 unspecified atom stereocenters. The van der Waals surface area contributed by atoms with E-state index >= 15 is 0 Å². The van der Waals surface area contributed by atoms with Gasteiger partial charge in [-0.15, -0.1) is 0 Å². The van der Waals surface area contributed by atoms with Gasteiger partial charge in [0.15, 0.2) is 0 Å². The van der Waals surface area contributed by atoms with Gasteiger partial charge in [0, 0.05) is 25.3 Å². The minimum atomic E-state index is 0.282. The maximum atomic E-state index is 6.02. The van der Waals surface area contributed by atoms with Crippen LogP contribution in [0.4, 0.5) is 11.8 Å². The summed E-state index contributed by atoms with van der Waals surface area (Å²) >= 11 is 0. The molecule has 1 fully saturated rings. The zero-order valence-corrected chi connectivity index (χ0v) is 13.7. The highest BCUT2D eigenvalue weighted by atomic mass is 15.3. The molecular weight excluding hydrogens is 290 g/mol. The molecule has 0 bridgehead atoms. The minimum Gasteiger partial charge on any atom is -0.383 e. The summed E-state index contributed by atoms with van der Waals surface area (Å²) in [7, 11) is 1.82. The molecule has 5 N–H and O–H groups in total. The van der Waals surface area contributed by atoms with Gasteiger partial charge in [0.25, 0.3) is 0 Å². The number of nitrogen functional groups attached to an aromatic ring is 1. The molecule has 7 heteroatoms. The molecule has 3 rings (SSSR count). The molecule has 1 aliphatic carbocycles. The van der Waals surface area contributed by atoms with Crippen LogP contribution in [-0.4, -0.2) is 31.8 Å². The lowest BCUT2D eigenvalue weighted by molar-refractivity contribution is 0.300. The van der Waals surface area contributed by atoms with Crippen LogP contribution in [0, 0.1) is 5.92 Å². The van der Waals surface area contributed by atoms with Crippen LogP contribution in [0.2, 0.25) is 0 Å². The van der Waals surface area contributed by atoms with Gasteiger partial charge in [-0.1, -0.05) is 0 Å². The van der Waals surface area contributed by atoms with E-state index in [1.165, 1.54) is 0 Å². The van der Waals surface area contributed by atoms with Crippen LogP contribution in [0.3, 0.4) is 0 Å². The fourth-order valence-corrected chi connectivity index (χ4v) is 3.19. The van der Waals surface area contributed by atoms with Crippen molar-refractivity contribution < 1.29 is 0 Å². The smallest absolute Gasteiger partial charge is 0.223 e. The molecule has 1 atom stereocenters. The van der Waals surface area contributed by atoms with Gasteiger partial charge in [-0.25, -0.2) is 9.97 Å². The van der Waals surface area contributed by atoms with Crippen molar-refractivity contribution in [1.82, 2.24) is 19.7 Å². The van der Waals surface area contributed by atoms with Gasteiger partial charge in [0.1, 0.15) is 5.82 Å². The average Bonchev–Trinajstić information content (AvgIpc) is 2.88. The van der Waals surface area contributed by atoms with Crippen LogP contribution >= 0.6 is 0 Å². The van der Waals surface area contributed by atoms with Gasteiger partial charge >= 0.3 is 0 Å². The van der Waals surface area contributed by atoms with E-state index in [4.69, 9.17) is 11.5 Å². The van der Waals surface area contributed by atoms with Crippen molar-refractivity contribution in [3.05, 3.63) is 18.5 Å². The van der Waals surface area contributed by atoms with Crippen LogP contribution in [0.5, 0.6) is 0 Å². The van der Waals surface area contributed by atoms with E-state index in [1.54, 1.807) is 17.1 Å². The van der Waals surface area contributed by atoms with Crippen molar-refractivity contribution in [2.45, 2.75) is 44.7 Å². The first-order valence-electron chi connectivity index (χ1n) is 8.17. The maximum Gasteiger partial charge on any atom is 0.223 e. The molecule has 2 heterocycles. The second-order valence-electron chi connectivity index (χ2n) is 6.45. The molecule has 0 saturated heterocycles. The second kappa shape index (κ2) is 6.54. The highest BCUT2D eigenvalue weighted by Crippen LogP contribution is 2.28. The van der Waals surface area contributed by atoms with Crippen molar-refractivity contribution in [2.24, 2.45) is 18.7 Å². The lowest BCUT2D eigenvalue weighted by Gasteiger charge is -2.31. The van der Waals surface area contributed by atoms with E-state index in [-0.39, 0.29) is 6.04 Å². The first-order valence-corrected chi connectivity index (χ1v) is 8.17. The van der Waals surface area contributed by atoms with E-state index in [0.29, 0.717) is 23.7 Å². The third-order valence-electron chi connectivity index (χ3n) is 4.76. The number of rotatable bonds is 4. The van der Waals surface area contributed by atoms with Crippen LogP contribution < -0.4 is 16.8 Å². The zero-order valence-electron chi connectivity index (χ0n) is 13.7. The van der Waals surface area contributed by atoms with E-state index in [2.05, 4.69) is 27.3 Å². The number of anilines is 2. The molecule has 0 radical (unpaired) electrons. The Hall–Kier alpha value is -2.15. The summed E-state index contributed by atoms with van der Waals surface area (Å²) in [5, 5.41) is 7.61. The minimum absolute atomic E-state index is 0.282. The monoisotopic (exact) mass is 315 g/mol. The Morgan fingerprint density at radius 1 is 1.30 bits per heavy atom. The molecule has 23 heavy (non-hydrogen) atoms. The van der Waals surface area contributed by atoms with Crippen molar-refractivity contribution in [3.63, 3.8) is 0 Å². The van der Waals surface area contributed by atoms with Gasteiger partial charge in [0.05, 0.1) is 17.5 Å². The number of aromatic nitrogens is 4. The van der Waals surface area contributed by atoms with Crippen LogP contribution in [-0.2, 0) is 7.05 Å². The summed E-state index contributed by atoms with van der Waals surface area (Å²) < 4.78 is 1.64. The van der Waals surface area contributed by atoms with E-state index in [1.807, 2.05) is 13.1 Å². The molecule has 7 nitrogen and oxygen atoms in total. The molecule has 0 aromatic carbocycles. The molecule has 0 amide bonds. The summed E-state index contributed by atoms with van der Waals surface area (Å²) in [6, 6.07) is 2.54. The Morgan fingerprint density at radius 2 is 2.04 bits per heavy atom. The summed E-state index contributed by atoms with van der Waals surface area (Å²) in [5.74, 6) is 1.89. The quantitative estimate of drug-likeness (QED) is 0.793. The number of nitrogens with one attached hydrogen (secondary N) is 1. The Bertz CT molecular complexity index is 656. The standard InChI is InChI=1S/C16H25N7/c1-10(17)11-3-5-12(6-4-11)21-16-19-8-7-14(22-16)13-9-20-23(2)15(13)18/h7-12H,3-6,17-18H2,1-2H3,(H,19,21,22). The van der Waals surface area contributed by atoms with Gasteiger partial charge in [0.2, 0.25) is 5.95 Å². The zero-order chi connectivity index (χ0) is 16.4. The lowest BCUT2D eigenvalue weighted by Crippen LogP contribution is -2.34. The predicted octanol–water partition coefficient (Wildman–Crippen LogP) is 1.78. The molecule has 2 aromatic rings. The third-order valence-corrected chi connectivity index (χ3v) is 4.76. The van der Waals surface area contributed by atoms with E-state index < -0.39 is 0 Å². The fraction of sp³-hybridized carbons (Fsp3) is 0.562. The van der Waals surface area contributed by atoms with Crippen molar-refractivity contribution in [1.29, 1.82) is 0 Å². The van der Waals surface area contributed by atoms with Gasteiger partial charge < -0.3 is 16.8 Å². The molecule has 0 aliphatic heterocycles. The van der Waals surface area contributed by atoms with Crippen LogP contribution in [0.25, 0.3) is 11.3 Å². The van der Waals surface area contributed by atoms with E-state index in [9.17, 15) is 0 Å². The van der Waals surface area contributed by atoms with Crippen molar-refractivity contribution >= 4 is 11.8 Å². The molecule has 124 valence electrons. The molecule has 1 saturated carbocycles. The van der Waals surface area contributed by atoms with Gasteiger partial charge in [-0.3, -0.25) is 4.68 Å². The number of nitrogens with zero attached hydrogens (tertiary/aromatic N) is 4. The summed E-state index contributed by atoms with van der Waals surface area (Å²) in [6.07, 6.45) is 8.01. The summed E-state index contributed by atoms with van der Waals surface area (Å²) in [6.45, 7) is 2.10. The topological polar surface area (TPSA) is 108 Å². The highest BCUT2D eigenvalue weighted by Gasteiger charge is 2.24. The molecule has 0 spiro atoms. The predicted molar refractivity (Wildman–Crippen MR) is 91.7 cm³/mol. The number of hydrogen-bond donors (Lipinski definition) is 3. The maximum absolute atomic E-state index is 6.02.